The van der Waals surface area contributed by atoms with Crippen LogP contribution in [0.3, 0.4) is 0 Å². The number of carbonyl (C=O) groups is 3. The SMILES string of the molecule is Cc1cc(Cl)c2c(c1)[C@@]1(N[C@@H](Cc3ccc(O)c(O)c3)[C@H]3C(=O)N(CCc4ccccc4)C(=O)[C@H]31)C(=O)N2. The van der Waals surface area contributed by atoms with Crippen LogP contribution in [0.2, 0.25) is 5.02 Å². The molecule has 3 aromatic rings. The molecule has 2 saturated heterocycles. The summed E-state index contributed by atoms with van der Waals surface area (Å²) in [6.07, 6.45) is 0.757. The number of phenolic OH excluding ortho intramolecular Hbond substituents is 2. The Bertz CT molecular complexity index is 1490. The molecule has 194 valence electrons. The number of amides is 3. The number of carbonyl (C=O) groups excluding carboxylic acids is 3. The summed E-state index contributed by atoms with van der Waals surface area (Å²) in [6, 6.07) is 17.1. The topological polar surface area (TPSA) is 119 Å². The van der Waals surface area contributed by atoms with Gasteiger partial charge in [0.15, 0.2) is 11.5 Å². The molecule has 3 heterocycles. The lowest BCUT2D eigenvalue weighted by molar-refractivity contribution is -0.142. The molecule has 9 heteroatoms. The van der Waals surface area contributed by atoms with E-state index in [9.17, 15) is 24.6 Å². The van der Waals surface area contributed by atoms with E-state index in [1.165, 1.54) is 17.0 Å². The number of fused-ring (bicyclic) bond motifs is 4. The van der Waals surface area contributed by atoms with Crippen molar-refractivity contribution in [3.8, 4) is 11.5 Å². The summed E-state index contributed by atoms with van der Waals surface area (Å²) in [5.74, 6) is -3.43. The Balaban J connectivity index is 1.42. The fraction of sp³-hybridized carbons (Fsp3) is 0.276. The van der Waals surface area contributed by atoms with Gasteiger partial charge in [-0.25, -0.2) is 0 Å². The minimum absolute atomic E-state index is 0.209. The summed E-state index contributed by atoms with van der Waals surface area (Å²) in [6.45, 7) is 2.07. The summed E-state index contributed by atoms with van der Waals surface area (Å²) in [5.41, 5.74) is 2.02. The van der Waals surface area contributed by atoms with E-state index in [0.717, 1.165) is 11.1 Å². The van der Waals surface area contributed by atoms with E-state index in [2.05, 4.69) is 10.6 Å². The van der Waals surface area contributed by atoms with Crippen molar-refractivity contribution >= 4 is 35.0 Å². The number of anilines is 1. The number of halogens is 1. The van der Waals surface area contributed by atoms with Gasteiger partial charge >= 0.3 is 0 Å². The van der Waals surface area contributed by atoms with Crippen molar-refractivity contribution in [3.05, 3.63) is 87.9 Å². The molecule has 3 aliphatic rings. The number of aryl methyl sites for hydroxylation is 1. The number of rotatable bonds is 5. The number of likely N-dealkylation sites (tertiary alicyclic amines) is 1. The maximum atomic E-state index is 14.0. The van der Waals surface area contributed by atoms with Crippen LogP contribution in [0.5, 0.6) is 11.5 Å². The molecule has 4 atom stereocenters. The molecule has 3 aromatic carbocycles. The average molecular weight is 532 g/mol. The summed E-state index contributed by atoms with van der Waals surface area (Å²) < 4.78 is 0. The predicted octanol–water partition coefficient (Wildman–Crippen LogP) is 3.27. The number of phenols is 2. The van der Waals surface area contributed by atoms with Gasteiger partial charge in [0, 0.05) is 18.2 Å². The van der Waals surface area contributed by atoms with Gasteiger partial charge < -0.3 is 15.5 Å². The van der Waals surface area contributed by atoms with Crippen LogP contribution < -0.4 is 10.6 Å². The van der Waals surface area contributed by atoms with Gasteiger partial charge in [-0.05, 0) is 54.7 Å². The van der Waals surface area contributed by atoms with Crippen LogP contribution in [0.15, 0.2) is 60.7 Å². The highest BCUT2D eigenvalue weighted by Crippen LogP contribution is 2.54. The Morgan fingerprint density at radius 1 is 0.947 bits per heavy atom. The minimum atomic E-state index is -1.46. The standard InChI is InChI=1S/C29H26ClN3O5/c1-15-11-18-25(19(30)12-15)31-28(38)29(18)24-23(20(32-29)13-17-7-8-21(34)22(35)14-17)26(36)33(27(24)37)10-9-16-5-3-2-4-6-16/h2-8,11-12,14,20,23-24,32,34-35H,9-10,13H2,1H3,(H,31,38)/t20-,23+,24-,29-/m0/s1. The number of nitrogens with one attached hydrogen (secondary N) is 2. The third kappa shape index (κ3) is 3.59. The molecule has 8 nitrogen and oxygen atoms in total. The van der Waals surface area contributed by atoms with Crippen LogP contribution in [0.25, 0.3) is 0 Å². The highest BCUT2D eigenvalue weighted by molar-refractivity contribution is 6.35. The number of benzene rings is 3. The van der Waals surface area contributed by atoms with E-state index in [1.54, 1.807) is 12.1 Å². The van der Waals surface area contributed by atoms with Gasteiger partial charge in [-0.2, -0.15) is 0 Å². The van der Waals surface area contributed by atoms with E-state index in [1.807, 2.05) is 43.3 Å². The monoisotopic (exact) mass is 531 g/mol. The largest absolute Gasteiger partial charge is 0.504 e. The Morgan fingerprint density at radius 2 is 1.71 bits per heavy atom. The molecule has 0 aliphatic carbocycles. The van der Waals surface area contributed by atoms with Crippen LogP contribution in [-0.2, 0) is 32.8 Å². The van der Waals surface area contributed by atoms with Gasteiger partial charge in [0.05, 0.1) is 22.5 Å². The average Bonchev–Trinajstić information content (AvgIpc) is 3.46. The maximum Gasteiger partial charge on any atom is 0.250 e. The first kappa shape index (κ1) is 24.5. The molecule has 3 aliphatic heterocycles. The summed E-state index contributed by atoms with van der Waals surface area (Å²) >= 11 is 6.50. The fourth-order valence-corrected chi connectivity index (χ4v) is 6.61. The van der Waals surface area contributed by atoms with E-state index in [-0.39, 0.29) is 36.3 Å². The number of hydrogen-bond donors (Lipinski definition) is 4. The second kappa shape index (κ2) is 8.85. The number of aromatic hydroxyl groups is 2. The number of hydrogen-bond acceptors (Lipinski definition) is 6. The third-order valence-corrected chi connectivity index (χ3v) is 8.27. The molecular weight excluding hydrogens is 506 g/mol. The molecule has 0 unspecified atom stereocenters. The first-order valence-electron chi connectivity index (χ1n) is 12.5. The third-order valence-electron chi connectivity index (χ3n) is 7.97. The molecule has 2 fully saturated rings. The van der Waals surface area contributed by atoms with Crippen molar-refractivity contribution in [2.24, 2.45) is 11.8 Å². The van der Waals surface area contributed by atoms with Gasteiger partial charge in [-0.15, -0.1) is 0 Å². The molecule has 0 radical (unpaired) electrons. The molecule has 0 saturated carbocycles. The quantitative estimate of drug-likeness (QED) is 0.296. The lowest BCUT2D eigenvalue weighted by Gasteiger charge is -2.30. The first-order valence-corrected chi connectivity index (χ1v) is 12.9. The van der Waals surface area contributed by atoms with Crippen LogP contribution in [0.1, 0.15) is 22.3 Å². The minimum Gasteiger partial charge on any atom is -0.504 e. The summed E-state index contributed by atoms with van der Waals surface area (Å²) in [7, 11) is 0. The van der Waals surface area contributed by atoms with Crippen molar-refractivity contribution in [2.45, 2.75) is 31.3 Å². The number of nitrogens with zero attached hydrogens (tertiary/aromatic N) is 1. The molecule has 1 spiro atoms. The van der Waals surface area contributed by atoms with E-state index in [4.69, 9.17) is 11.6 Å². The van der Waals surface area contributed by atoms with Crippen molar-refractivity contribution in [2.75, 3.05) is 11.9 Å². The van der Waals surface area contributed by atoms with Crippen molar-refractivity contribution < 1.29 is 24.6 Å². The van der Waals surface area contributed by atoms with E-state index < -0.39 is 29.3 Å². The smallest absolute Gasteiger partial charge is 0.250 e. The lowest BCUT2D eigenvalue weighted by atomic mass is 9.76. The molecule has 3 amide bonds. The highest BCUT2D eigenvalue weighted by Gasteiger charge is 2.70. The molecule has 38 heavy (non-hydrogen) atoms. The first-order chi connectivity index (χ1) is 18.2. The van der Waals surface area contributed by atoms with Crippen LogP contribution in [-0.4, -0.2) is 45.4 Å². The summed E-state index contributed by atoms with van der Waals surface area (Å²) in [5, 5.41) is 26.4. The van der Waals surface area contributed by atoms with Crippen molar-refractivity contribution in [1.29, 1.82) is 0 Å². The van der Waals surface area contributed by atoms with Crippen molar-refractivity contribution in [1.82, 2.24) is 10.2 Å². The lowest BCUT2D eigenvalue weighted by Crippen LogP contribution is -2.53. The predicted molar refractivity (Wildman–Crippen MR) is 141 cm³/mol. The van der Waals surface area contributed by atoms with Gasteiger partial charge in [0.2, 0.25) is 17.7 Å². The molecule has 6 rings (SSSR count). The Labute approximate surface area is 224 Å². The molecule has 0 bridgehead atoms. The van der Waals surface area contributed by atoms with Crippen LogP contribution in [0.4, 0.5) is 5.69 Å². The second-order valence-corrected chi connectivity index (χ2v) is 10.7. The molecular formula is C29H26ClN3O5. The Morgan fingerprint density at radius 3 is 2.45 bits per heavy atom. The number of imide groups is 1. The normalized spacial score (nSPS) is 25.7. The Hall–Kier alpha value is -3.88. The van der Waals surface area contributed by atoms with Gasteiger partial charge in [0.1, 0.15) is 5.54 Å². The Kier molecular flexibility index (Phi) is 5.70. The highest BCUT2D eigenvalue weighted by atomic mass is 35.5. The van der Waals surface area contributed by atoms with E-state index >= 15 is 0 Å². The van der Waals surface area contributed by atoms with Gasteiger partial charge in [-0.3, -0.25) is 24.6 Å². The van der Waals surface area contributed by atoms with Crippen LogP contribution in [0, 0.1) is 18.8 Å². The molecule has 4 N–H and O–H groups in total. The molecule has 0 aromatic heterocycles. The van der Waals surface area contributed by atoms with Gasteiger partial charge in [-0.1, -0.05) is 54.1 Å². The van der Waals surface area contributed by atoms with Crippen molar-refractivity contribution in [3.63, 3.8) is 0 Å². The zero-order valence-electron chi connectivity index (χ0n) is 20.6. The fourth-order valence-electron chi connectivity index (χ4n) is 6.28. The summed E-state index contributed by atoms with van der Waals surface area (Å²) in [4.78, 5) is 42.8. The van der Waals surface area contributed by atoms with Crippen LogP contribution >= 0.6 is 11.6 Å². The maximum absolute atomic E-state index is 14.0. The zero-order chi connectivity index (χ0) is 26.8. The van der Waals surface area contributed by atoms with E-state index in [0.29, 0.717) is 28.3 Å². The zero-order valence-corrected chi connectivity index (χ0v) is 21.3. The van der Waals surface area contributed by atoms with Gasteiger partial charge in [0.25, 0.3) is 0 Å². The second-order valence-electron chi connectivity index (χ2n) is 10.3.